The van der Waals surface area contributed by atoms with Crippen LogP contribution in [0.4, 0.5) is 5.69 Å². The number of hydrogen-bond acceptors (Lipinski definition) is 7. The number of aromatic nitrogens is 1. The van der Waals surface area contributed by atoms with E-state index in [4.69, 9.17) is 23.7 Å². The zero-order valence-electron chi connectivity index (χ0n) is 17.9. The maximum absolute atomic E-state index is 5.68. The van der Waals surface area contributed by atoms with Gasteiger partial charge in [0.25, 0.3) is 0 Å². The van der Waals surface area contributed by atoms with E-state index in [1.165, 1.54) is 0 Å². The van der Waals surface area contributed by atoms with Gasteiger partial charge in [0.15, 0.2) is 0 Å². The highest BCUT2D eigenvalue weighted by Gasteiger charge is 2.01. The van der Waals surface area contributed by atoms with Gasteiger partial charge in [-0.3, -0.25) is 0 Å². The van der Waals surface area contributed by atoms with E-state index in [2.05, 4.69) is 10.3 Å². The van der Waals surface area contributed by atoms with Crippen LogP contribution in [-0.2, 0) is 11.3 Å². The van der Waals surface area contributed by atoms with Crippen LogP contribution in [0, 0.1) is 0 Å². The van der Waals surface area contributed by atoms with Crippen molar-refractivity contribution in [2.75, 3.05) is 46.0 Å². The van der Waals surface area contributed by atoms with Crippen molar-refractivity contribution in [3.8, 4) is 23.1 Å². The summed E-state index contributed by atoms with van der Waals surface area (Å²) in [5.74, 6) is 2.90. The summed E-state index contributed by atoms with van der Waals surface area (Å²) >= 11 is 0. The summed E-state index contributed by atoms with van der Waals surface area (Å²) in [6, 6.07) is 19.2. The van der Waals surface area contributed by atoms with Gasteiger partial charge in [0, 0.05) is 30.6 Å². The molecule has 0 aliphatic carbocycles. The fourth-order valence-electron chi connectivity index (χ4n) is 2.80. The molecule has 2 aromatic carbocycles. The largest absolute Gasteiger partial charge is 0.497 e. The number of anilines is 1. The molecule has 7 nitrogen and oxygen atoms in total. The zero-order chi connectivity index (χ0) is 21.7. The lowest BCUT2D eigenvalue weighted by atomic mass is 10.2. The van der Waals surface area contributed by atoms with Gasteiger partial charge < -0.3 is 29.0 Å². The van der Waals surface area contributed by atoms with Crippen LogP contribution in [0.5, 0.6) is 23.1 Å². The molecule has 3 rings (SSSR count). The third-order valence-corrected chi connectivity index (χ3v) is 4.38. The van der Waals surface area contributed by atoms with Gasteiger partial charge >= 0.3 is 0 Å². The number of benzene rings is 2. The Morgan fingerprint density at radius 2 is 1.45 bits per heavy atom. The fourth-order valence-corrected chi connectivity index (χ4v) is 2.80. The monoisotopic (exact) mass is 424 g/mol. The number of rotatable bonds is 13. The quantitative estimate of drug-likeness (QED) is 0.413. The molecule has 0 radical (unpaired) electrons. The second-order valence-electron chi connectivity index (χ2n) is 6.58. The number of hydrogen-bond donors (Lipinski definition) is 1. The van der Waals surface area contributed by atoms with Crippen LogP contribution in [-0.4, -0.2) is 45.6 Å². The van der Waals surface area contributed by atoms with Crippen molar-refractivity contribution < 1.29 is 23.7 Å². The summed E-state index contributed by atoms with van der Waals surface area (Å²) in [5, 5.41) is 3.36. The number of ether oxygens (including phenoxy) is 5. The Morgan fingerprint density at radius 1 is 0.742 bits per heavy atom. The lowest BCUT2D eigenvalue weighted by Crippen LogP contribution is -2.12. The van der Waals surface area contributed by atoms with Gasteiger partial charge in [0.05, 0.1) is 27.4 Å². The van der Waals surface area contributed by atoms with E-state index in [9.17, 15) is 0 Å². The maximum atomic E-state index is 5.68. The predicted molar refractivity (Wildman–Crippen MR) is 119 cm³/mol. The van der Waals surface area contributed by atoms with Crippen LogP contribution in [0.2, 0.25) is 0 Å². The SMILES string of the molecule is COc1cccc(CNc2ccnc(OCCOCCOc3cccc(OC)c3)c2)c1. The highest BCUT2D eigenvalue weighted by atomic mass is 16.5. The lowest BCUT2D eigenvalue weighted by Gasteiger charge is -2.11. The molecule has 0 aliphatic rings. The third kappa shape index (κ3) is 7.71. The van der Waals surface area contributed by atoms with E-state index in [-0.39, 0.29) is 0 Å². The number of nitrogens with one attached hydrogen (secondary N) is 1. The first-order chi connectivity index (χ1) is 15.3. The van der Waals surface area contributed by atoms with Crippen molar-refractivity contribution in [1.29, 1.82) is 0 Å². The Morgan fingerprint density at radius 3 is 2.26 bits per heavy atom. The minimum absolute atomic E-state index is 0.408. The van der Waals surface area contributed by atoms with Crippen molar-refractivity contribution in [1.82, 2.24) is 4.98 Å². The van der Waals surface area contributed by atoms with Crippen molar-refractivity contribution in [2.24, 2.45) is 0 Å². The second kappa shape index (κ2) is 12.3. The molecular formula is C24H28N2O5. The highest BCUT2D eigenvalue weighted by Crippen LogP contribution is 2.19. The number of pyridine rings is 1. The summed E-state index contributed by atoms with van der Waals surface area (Å²) in [6.07, 6.45) is 1.71. The Kier molecular flexibility index (Phi) is 8.82. The van der Waals surface area contributed by atoms with Gasteiger partial charge in [-0.05, 0) is 35.9 Å². The molecule has 1 heterocycles. The molecule has 0 amide bonds. The minimum Gasteiger partial charge on any atom is -0.497 e. The first-order valence-electron chi connectivity index (χ1n) is 10.1. The van der Waals surface area contributed by atoms with E-state index in [0.29, 0.717) is 38.9 Å². The lowest BCUT2D eigenvalue weighted by molar-refractivity contribution is 0.0753. The molecule has 0 unspecified atom stereocenters. The van der Waals surface area contributed by atoms with Gasteiger partial charge in [0.1, 0.15) is 30.5 Å². The summed E-state index contributed by atoms with van der Waals surface area (Å²) < 4.78 is 27.3. The summed E-state index contributed by atoms with van der Waals surface area (Å²) in [7, 11) is 3.29. The van der Waals surface area contributed by atoms with Crippen LogP contribution in [0.1, 0.15) is 5.56 Å². The van der Waals surface area contributed by atoms with E-state index in [1.54, 1.807) is 20.4 Å². The fraction of sp³-hybridized carbons (Fsp3) is 0.292. The highest BCUT2D eigenvalue weighted by molar-refractivity contribution is 5.46. The van der Waals surface area contributed by atoms with E-state index in [0.717, 1.165) is 28.5 Å². The smallest absolute Gasteiger partial charge is 0.215 e. The first kappa shape index (κ1) is 22.2. The predicted octanol–water partition coefficient (Wildman–Crippen LogP) is 4.19. The average Bonchev–Trinajstić information content (AvgIpc) is 2.82. The molecule has 1 aromatic heterocycles. The third-order valence-electron chi connectivity index (χ3n) is 4.38. The molecule has 164 valence electrons. The van der Waals surface area contributed by atoms with Crippen molar-refractivity contribution in [2.45, 2.75) is 6.54 Å². The topological polar surface area (TPSA) is 71.1 Å². The van der Waals surface area contributed by atoms with Crippen molar-refractivity contribution >= 4 is 5.69 Å². The summed E-state index contributed by atoms with van der Waals surface area (Å²) in [4.78, 5) is 4.24. The molecule has 0 atom stereocenters. The minimum atomic E-state index is 0.408. The molecule has 0 saturated carbocycles. The van der Waals surface area contributed by atoms with Crippen molar-refractivity contribution in [3.05, 3.63) is 72.4 Å². The Hall–Kier alpha value is -3.45. The second-order valence-corrected chi connectivity index (χ2v) is 6.58. The average molecular weight is 424 g/mol. The standard InChI is InChI=1S/C24H28N2O5/c1-27-21-6-3-5-19(15-21)18-26-20-9-10-25-24(16-20)31-14-12-29-11-13-30-23-8-4-7-22(17-23)28-2/h3-10,15-17H,11-14,18H2,1-2H3,(H,25,26). The van der Waals surface area contributed by atoms with E-state index >= 15 is 0 Å². The molecule has 0 aliphatic heterocycles. The van der Waals surface area contributed by atoms with Crippen LogP contribution >= 0.6 is 0 Å². The molecule has 3 aromatic rings. The van der Waals surface area contributed by atoms with Crippen LogP contribution < -0.4 is 24.3 Å². The molecule has 0 fully saturated rings. The van der Waals surface area contributed by atoms with Gasteiger partial charge in [0.2, 0.25) is 5.88 Å². The van der Waals surface area contributed by atoms with Crippen LogP contribution in [0.25, 0.3) is 0 Å². The number of methoxy groups -OCH3 is 2. The van der Waals surface area contributed by atoms with Crippen LogP contribution in [0.3, 0.4) is 0 Å². The molecular weight excluding hydrogens is 396 g/mol. The normalized spacial score (nSPS) is 10.4. The molecule has 31 heavy (non-hydrogen) atoms. The van der Waals surface area contributed by atoms with E-state index < -0.39 is 0 Å². The van der Waals surface area contributed by atoms with E-state index in [1.807, 2.05) is 60.7 Å². The summed E-state index contributed by atoms with van der Waals surface area (Å²) in [6.45, 7) is 2.46. The number of nitrogens with zero attached hydrogens (tertiary/aromatic N) is 1. The van der Waals surface area contributed by atoms with Crippen molar-refractivity contribution in [3.63, 3.8) is 0 Å². The Bertz CT molecular complexity index is 935. The molecule has 0 spiro atoms. The van der Waals surface area contributed by atoms with Gasteiger partial charge in [-0.2, -0.15) is 0 Å². The summed E-state index contributed by atoms with van der Waals surface area (Å²) in [5.41, 5.74) is 2.06. The molecule has 0 saturated heterocycles. The van der Waals surface area contributed by atoms with Crippen LogP contribution in [0.15, 0.2) is 66.9 Å². The Balaban J connectivity index is 1.32. The van der Waals surface area contributed by atoms with Gasteiger partial charge in [-0.1, -0.05) is 18.2 Å². The van der Waals surface area contributed by atoms with Gasteiger partial charge in [-0.15, -0.1) is 0 Å². The first-order valence-corrected chi connectivity index (χ1v) is 10.1. The Labute approximate surface area is 182 Å². The maximum Gasteiger partial charge on any atom is 0.215 e. The zero-order valence-corrected chi connectivity index (χ0v) is 17.9. The van der Waals surface area contributed by atoms with Gasteiger partial charge in [-0.25, -0.2) is 4.98 Å². The molecule has 0 bridgehead atoms. The molecule has 7 heteroatoms. The molecule has 1 N–H and O–H groups in total.